The van der Waals surface area contributed by atoms with Crippen molar-refractivity contribution in [3.8, 4) is 0 Å². The standard InChI is InChI=1S/C50H33N3O/c54-50-48-36-24-14-5-15-25-37(36)49(50)47(35-22-12-4-13-23-35)43-31-29-41(53-43)45(33-18-8-2-9-19-33)39-27-26-38(51-39)44(32-16-6-1-7-17-32)40-28-30-42(52-40)46(48)34-20-10-3-11-21-34/h1-31,52-53H. The van der Waals surface area contributed by atoms with E-state index in [4.69, 9.17) is 4.99 Å². The van der Waals surface area contributed by atoms with E-state index in [1.807, 2.05) is 66.8 Å². The van der Waals surface area contributed by atoms with Crippen LogP contribution in [0.4, 0.5) is 0 Å². The van der Waals surface area contributed by atoms with Crippen molar-refractivity contribution in [2.24, 2.45) is 4.99 Å². The molecular weight excluding hydrogens is 659 g/mol. The minimum absolute atomic E-state index is 0.0201. The predicted octanol–water partition coefficient (Wildman–Crippen LogP) is 8.96. The molecular formula is C50H33N3O. The summed E-state index contributed by atoms with van der Waals surface area (Å²) in [6, 6.07) is 49.7. The molecule has 254 valence electrons. The summed E-state index contributed by atoms with van der Waals surface area (Å²) < 4.78 is 0. The lowest BCUT2D eigenvalue weighted by Crippen LogP contribution is -2.21. The molecule has 0 amide bonds. The number of benzene rings is 4. The van der Waals surface area contributed by atoms with Crippen LogP contribution < -0.4 is 10.7 Å². The molecule has 6 aromatic rings. The highest BCUT2D eigenvalue weighted by molar-refractivity contribution is 6.31. The molecule has 10 rings (SSSR count). The van der Waals surface area contributed by atoms with Crippen molar-refractivity contribution in [1.29, 1.82) is 0 Å². The third kappa shape index (κ3) is 5.23. The summed E-state index contributed by atoms with van der Waals surface area (Å²) in [6.07, 6.45) is 14.5. The predicted molar refractivity (Wildman–Crippen MR) is 219 cm³/mol. The Morgan fingerprint density at radius 2 is 0.944 bits per heavy atom. The Balaban J connectivity index is 1.40. The number of ketones is 1. The molecule has 2 aliphatic heterocycles. The first-order valence-electron chi connectivity index (χ1n) is 18.2. The lowest BCUT2D eigenvalue weighted by atomic mass is 9.90. The Labute approximate surface area is 313 Å². The summed E-state index contributed by atoms with van der Waals surface area (Å²) in [5.74, 6) is -0.0201. The highest BCUT2D eigenvalue weighted by atomic mass is 16.1. The Hall–Kier alpha value is -7.30. The van der Waals surface area contributed by atoms with Gasteiger partial charge in [-0.3, -0.25) is 4.79 Å². The second-order valence-electron chi connectivity index (χ2n) is 13.6. The van der Waals surface area contributed by atoms with Gasteiger partial charge < -0.3 is 9.97 Å². The number of nitrogens with zero attached hydrogens (tertiary/aromatic N) is 1. The van der Waals surface area contributed by atoms with Crippen LogP contribution in [0, 0.1) is 0 Å². The number of aliphatic imine (C=N–C) groups is 1. The third-order valence-electron chi connectivity index (χ3n) is 10.4. The molecule has 0 unspecified atom stereocenters. The van der Waals surface area contributed by atoms with Gasteiger partial charge in [0.1, 0.15) is 0 Å². The zero-order valence-electron chi connectivity index (χ0n) is 29.3. The Bertz CT molecular complexity index is 2890. The summed E-state index contributed by atoms with van der Waals surface area (Å²) in [6.45, 7) is 0. The fourth-order valence-corrected chi connectivity index (χ4v) is 8.03. The van der Waals surface area contributed by atoms with Crippen LogP contribution in [0.25, 0.3) is 22.3 Å². The van der Waals surface area contributed by atoms with Crippen molar-refractivity contribution in [3.63, 3.8) is 0 Å². The van der Waals surface area contributed by atoms with Crippen molar-refractivity contribution < 1.29 is 4.79 Å². The quantitative estimate of drug-likeness (QED) is 0.191. The molecule has 54 heavy (non-hydrogen) atoms. The molecule has 4 aromatic carbocycles. The zero-order valence-corrected chi connectivity index (χ0v) is 29.3. The van der Waals surface area contributed by atoms with E-state index in [2.05, 4.69) is 131 Å². The van der Waals surface area contributed by atoms with Crippen molar-refractivity contribution in [1.82, 2.24) is 9.97 Å². The summed E-state index contributed by atoms with van der Waals surface area (Å²) in [5.41, 5.74) is 14.2. The number of fused-ring (bicyclic) bond motifs is 9. The number of aromatic nitrogens is 2. The van der Waals surface area contributed by atoms with Gasteiger partial charge in [0.2, 0.25) is 0 Å². The number of H-pyrrole nitrogens is 2. The topological polar surface area (TPSA) is 61.0 Å². The Morgan fingerprint density at radius 1 is 0.407 bits per heavy atom. The maximum absolute atomic E-state index is 15.6. The number of allylic oxidation sites excluding steroid dienone is 11. The van der Waals surface area contributed by atoms with Crippen molar-refractivity contribution >= 4 is 33.8 Å². The van der Waals surface area contributed by atoms with E-state index in [1.165, 1.54) is 0 Å². The summed E-state index contributed by atoms with van der Waals surface area (Å²) in [7, 11) is 0. The fraction of sp³-hybridized carbons (Fsp3) is 0. The minimum Gasteiger partial charge on any atom is -0.354 e. The van der Waals surface area contributed by atoms with Gasteiger partial charge in [-0.25, -0.2) is 4.99 Å². The SMILES string of the molecule is O=C1C2=C3C=CC=CC=C3C1=C(c1ccccc1)c1ccc([nH]1)C(c1ccccc1)=C1C=CC(=N1)C(c1ccccc1)=c1ccc([nH]1)=C2c1ccccc1. The van der Waals surface area contributed by atoms with Crippen LogP contribution in [-0.4, -0.2) is 21.5 Å². The minimum atomic E-state index is -0.0201. The number of carbonyl (C=O) groups is 1. The fourth-order valence-electron chi connectivity index (χ4n) is 8.03. The van der Waals surface area contributed by atoms with Crippen molar-refractivity contribution in [3.05, 3.63) is 260 Å². The van der Waals surface area contributed by atoms with Gasteiger partial charge in [0.15, 0.2) is 5.78 Å². The van der Waals surface area contributed by atoms with Crippen LogP contribution in [0.3, 0.4) is 0 Å². The molecule has 0 saturated carbocycles. The average molecular weight is 692 g/mol. The van der Waals surface area contributed by atoms with Gasteiger partial charge in [0.25, 0.3) is 0 Å². The molecule has 4 aliphatic rings. The molecule has 4 heteroatoms. The van der Waals surface area contributed by atoms with Crippen LogP contribution >= 0.6 is 0 Å². The lowest BCUT2D eigenvalue weighted by molar-refractivity contribution is -0.111. The van der Waals surface area contributed by atoms with E-state index in [0.717, 1.165) is 89.2 Å². The van der Waals surface area contributed by atoms with Crippen LogP contribution in [0.2, 0.25) is 0 Å². The van der Waals surface area contributed by atoms with Gasteiger partial charge in [-0.15, -0.1) is 0 Å². The van der Waals surface area contributed by atoms with E-state index in [0.29, 0.717) is 11.1 Å². The first-order chi connectivity index (χ1) is 26.7. The van der Waals surface area contributed by atoms with Crippen LogP contribution in [0.5, 0.6) is 0 Å². The number of hydrogen-bond donors (Lipinski definition) is 2. The number of aromatic amines is 2. The summed E-state index contributed by atoms with van der Waals surface area (Å²) >= 11 is 0. The molecule has 0 saturated heterocycles. The second-order valence-corrected chi connectivity index (χ2v) is 13.6. The Kier molecular flexibility index (Phi) is 7.59. The molecule has 2 aromatic heterocycles. The summed E-state index contributed by atoms with van der Waals surface area (Å²) in [5, 5.41) is 1.76. The highest BCUT2D eigenvalue weighted by Gasteiger charge is 2.37. The van der Waals surface area contributed by atoms with E-state index < -0.39 is 0 Å². The molecule has 0 radical (unpaired) electrons. The molecule has 2 N–H and O–H groups in total. The zero-order chi connectivity index (χ0) is 36.0. The average Bonchev–Trinajstić information content (AvgIpc) is 4.02. The molecule has 2 aliphatic carbocycles. The first kappa shape index (κ1) is 31.4. The van der Waals surface area contributed by atoms with Crippen molar-refractivity contribution in [2.45, 2.75) is 0 Å². The third-order valence-corrected chi connectivity index (χ3v) is 10.4. The lowest BCUT2D eigenvalue weighted by Gasteiger charge is -2.14. The first-order valence-corrected chi connectivity index (χ1v) is 18.2. The summed E-state index contributed by atoms with van der Waals surface area (Å²) in [4.78, 5) is 28.5. The molecule has 0 atom stereocenters. The smallest absolute Gasteiger partial charge is 0.195 e. The number of carbonyl (C=O) groups excluding carboxylic acids is 1. The van der Waals surface area contributed by atoms with Gasteiger partial charge in [-0.1, -0.05) is 152 Å². The van der Waals surface area contributed by atoms with Crippen molar-refractivity contribution in [2.75, 3.05) is 0 Å². The van der Waals surface area contributed by atoms with Crippen LogP contribution in [0.15, 0.2) is 221 Å². The monoisotopic (exact) mass is 691 g/mol. The van der Waals surface area contributed by atoms with Gasteiger partial charge in [0.05, 0.1) is 11.4 Å². The molecule has 0 fully saturated rings. The number of hydrogen-bond acceptors (Lipinski definition) is 2. The second kappa shape index (κ2) is 13.0. The maximum Gasteiger partial charge on any atom is 0.195 e. The highest BCUT2D eigenvalue weighted by Crippen LogP contribution is 2.46. The van der Waals surface area contributed by atoms with Gasteiger partial charge in [-0.2, -0.15) is 0 Å². The molecule has 8 bridgehead atoms. The normalized spacial score (nSPS) is 16.3. The number of Topliss-reactive ketones (excluding diaryl/α,β-unsaturated/α-hetero) is 1. The largest absolute Gasteiger partial charge is 0.354 e. The number of nitrogens with one attached hydrogen (secondary N) is 2. The van der Waals surface area contributed by atoms with Crippen LogP contribution in [0.1, 0.15) is 33.6 Å². The molecule has 4 nitrogen and oxygen atoms in total. The van der Waals surface area contributed by atoms with E-state index in [9.17, 15) is 0 Å². The Morgan fingerprint density at radius 3 is 1.57 bits per heavy atom. The van der Waals surface area contributed by atoms with E-state index in [-0.39, 0.29) is 5.78 Å². The van der Waals surface area contributed by atoms with E-state index >= 15 is 4.79 Å². The number of rotatable bonds is 4. The molecule has 4 heterocycles. The van der Waals surface area contributed by atoms with Crippen LogP contribution in [-0.2, 0) is 4.79 Å². The van der Waals surface area contributed by atoms with E-state index in [1.54, 1.807) is 0 Å². The van der Waals surface area contributed by atoms with Gasteiger partial charge >= 0.3 is 0 Å². The molecule has 0 spiro atoms. The maximum atomic E-state index is 15.6. The van der Waals surface area contributed by atoms with Gasteiger partial charge in [-0.05, 0) is 69.8 Å². The van der Waals surface area contributed by atoms with Gasteiger partial charge in [0, 0.05) is 55.5 Å².